The molecule has 0 amide bonds. The molecule has 0 aliphatic carbocycles. The van der Waals surface area contributed by atoms with Crippen molar-refractivity contribution >= 4 is 12.2 Å². The van der Waals surface area contributed by atoms with Crippen molar-refractivity contribution in [2.45, 2.75) is 0 Å². The van der Waals surface area contributed by atoms with Crippen molar-refractivity contribution in [3.63, 3.8) is 0 Å². The van der Waals surface area contributed by atoms with Crippen LogP contribution < -0.4 is 4.57 Å². The van der Waals surface area contributed by atoms with Crippen LogP contribution in [0.3, 0.4) is 0 Å². The van der Waals surface area contributed by atoms with Gasteiger partial charge >= 0.3 is 4.77 Å². The van der Waals surface area contributed by atoms with E-state index in [-0.39, 0.29) is 0 Å². The Bertz CT molecular complexity index is 456. The fourth-order valence-electron chi connectivity index (χ4n) is 1.15. The second-order valence-electron chi connectivity index (χ2n) is 2.70. The number of pyridine rings is 1. The van der Waals surface area contributed by atoms with Gasteiger partial charge in [-0.1, -0.05) is 0 Å². The summed E-state index contributed by atoms with van der Waals surface area (Å²) in [5, 5.41) is 5.84. The lowest BCUT2D eigenvalue weighted by molar-refractivity contribution is -0.667. The summed E-state index contributed by atoms with van der Waals surface area (Å²) in [7, 11) is 1.90. The summed E-state index contributed by atoms with van der Waals surface area (Å²) in [4.78, 5) is 4.03. The van der Waals surface area contributed by atoms with Crippen LogP contribution in [0.15, 0.2) is 24.5 Å². The number of aromatic nitrogens is 4. The average Bonchev–Trinajstić information content (AvgIpc) is 2.49. The van der Waals surface area contributed by atoms with Gasteiger partial charge in [0, 0.05) is 12.4 Å². The van der Waals surface area contributed by atoms with Gasteiger partial charge in [-0.2, -0.15) is 10.2 Å². The zero-order valence-electron chi connectivity index (χ0n) is 7.11. The lowest BCUT2D eigenvalue weighted by Crippen LogP contribution is -2.29. The Hall–Kier alpha value is -1.49. The summed E-state index contributed by atoms with van der Waals surface area (Å²) in [5.41, 5.74) is 1.01. The van der Waals surface area contributed by atoms with Crippen molar-refractivity contribution in [1.82, 2.24) is 15.2 Å². The van der Waals surface area contributed by atoms with E-state index in [4.69, 9.17) is 12.2 Å². The molecule has 0 radical (unpaired) electrons. The Labute approximate surface area is 80.3 Å². The first-order chi connectivity index (χ1) is 6.29. The maximum atomic E-state index is 5.03. The van der Waals surface area contributed by atoms with Crippen LogP contribution in [0, 0.1) is 4.77 Å². The highest BCUT2D eigenvalue weighted by atomic mass is 32.1. The van der Waals surface area contributed by atoms with Gasteiger partial charge in [-0.15, -0.1) is 0 Å². The molecule has 0 fully saturated rings. The van der Waals surface area contributed by atoms with E-state index < -0.39 is 0 Å². The number of nitrogens with zero attached hydrogens (tertiary/aromatic N) is 2. The van der Waals surface area contributed by atoms with Crippen molar-refractivity contribution in [2.24, 2.45) is 7.05 Å². The lowest BCUT2D eigenvalue weighted by Gasteiger charge is -1.92. The van der Waals surface area contributed by atoms with Crippen molar-refractivity contribution in [3.05, 3.63) is 29.3 Å². The zero-order valence-corrected chi connectivity index (χ0v) is 7.93. The van der Waals surface area contributed by atoms with Gasteiger partial charge in [0.25, 0.3) is 5.82 Å². The van der Waals surface area contributed by atoms with Crippen molar-refractivity contribution in [2.75, 3.05) is 0 Å². The van der Waals surface area contributed by atoms with Crippen LogP contribution in [0.4, 0.5) is 0 Å². The third kappa shape index (κ3) is 1.38. The van der Waals surface area contributed by atoms with Crippen LogP contribution >= 0.6 is 12.2 Å². The third-order valence-electron chi connectivity index (χ3n) is 1.86. The number of nitrogens with one attached hydrogen (secondary N) is 2. The number of hydrogen-bond acceptors (Lipinski definition) is 2. The van der Waals surface area contributed by atoms with Crippen molar-refractivity contribution < 1.29 is 4.57 Å². The van der Waals surface area contributed by atoms with Gasteiger partial charge in [0.2, 0.25) is 0 Å². The molecule has 0 saturated heterocycles. The van der Waals surface area contributed by atoms with E-state index in [1.807, 2.05) is 23.7 Å². The number of aromatic amines is 2. The van der Waals surface area contributed by atoms with Crippen LogP contribution in [-0.2, 0) is 7.05 Å². The van der Waals surface area contributed by atoms with Gasteiger partial charge in [-0.05, 0) is 24.4 Å². The van der Waals surface area contributed by atoms with Gasteiger partial charge in [0.15, 0.2) is 0 Å². The second kappa shape index (κ2) is 3.10. The number of rotatable bonds is 1. The Morgan fingerprint density at radius 1 is 1.46 bits per heavy atom. The fraction of sp³-hybridized carbons (Fsp3) is 0.125. The summed E-state index contributed by atoms with van der Waals surface area (Å²) >= 11 is 5.03. The van der Waals surface area contributed by atoms with Crippen LogP contribution in [0.5, 0.6) is 0 Å². The van der Waals surface area contributed by atoms with Gasteiger partial charge in [0.1, 0.15) is 0 Å². The molecule has 4 nitrogen and oxygen atoms in total. The largest absolute Gasteiger partial charge is 0.323 e. The lowest BCUT2D eigenvalue weighted by atomic mass is 10.3. The maximum absolute atomic E-state index is 5.03. The van der Waals surface area contributed by atoms with E-state index in [9.17, 15) is 0 Å². The zero-order chi connectivity index (χ0) is 9.26. The summed E-state index contributed by atoms with van der Waals surface area (Å²) in [6, 6.07) is 3.86. The molecule has 0 aliphatic heterocycles. The van der Waals surface area contributed by atoms with E-state index >= 15 is 0 Å². The van der Waals surface area contributed by atoms with Crippen LogP contribution in [0.2, 0.25) is 0 Å². The average molecular weight is 193 g/mol. The Kier molecular flexibility index (Phi) is 1.94. The molecular weight excluding hydrogens is 184 g/mol. The molecule has 5 heteroatoms. The molecule has 0 aromatic carbocycles. The molecule has 0 saturated carbocycles. The first-order valence-electron chi connectivity index (χ1n) is 3.86. The van der Waals surface area contributed by atoms with E-state index in [1.165, 1.54) is 0 Å². The minimum absolute atomic E-state index is 0.666. The molecule has 0 bridgehead atoms. The minimum Gasteiger partial charge on any atom is -0.264 e. The monoisotopic (exact) mass is 193 g/mol. The molecule has 2 rings (SSSR count). The standard InChI is InChI=1S/C8H8N4S/c1-12-7(10-11-8(12)13)6-3-2-4-9-5-6/h2-5H,1H3,(H,11,13)/p+1. The molecule has 2 N–H and O–H groups in total. The van der Waals surface area contributed by atoms with Crippen molar-refractivity contribution in [3.8, 4) is 11.4 Å². The maximum Gasteiger partial charge on any atom is 0.323 e. The van der Waals surface area contributed by atoms with E-state index in [0.29, 0.717) is 4.77 Å². The molecular formula is C8H9N4S+. The first-order valence-corrected chi connectivity index (χ1v) is 4.27. The van der Waals surface area contributed by atoms with Gasteiger partial charge in [-0.3, -0.25) is 4.98 Å². The highest BCUT2D eigenvalue weighted by Gasteiger charge is 2.09. The predicted molar refractivity (Wildman–Crippen MR) is 50.4 cm³/mol. The van der Waals surface area contributed by atoms with Gasteiger partial charge in [-0.25, -0.2) is 4.57 Å². The van der Waals surface area contributed by atoms with E-state index in [1.54, 1.807) is 12.4 Å². The quantitative estimate of drug-likeness (QED) is 0.523. The summed E-state index contributed by atoms with van der Waals surface area (Å²) in [5.74, 6) is 0.929. The van der Waals surface area contributed by atoms with Crippen molar-refractivity contribution in [1.29, 1.82) is 0 Å². The van der Waals surface area contributed by atoms with Crippen LogP contribution in [-0.4, -0.2) is 15.2 Å². The van der Waals surface area contributed by atoms with Gasteiger partial charge in [0.05, 0.1) is 12.6 Å². The molecule has 2 heterocycles. The normalized spacial score (nSPS) is 10.2. The fourth-order valence-corrected chi connectivity index (χ4v) is 1.29. The number of H-pyrrole nitrogens is 2. The van der Waals surface area contributed by atoms with Gasteiger partial charge < -0.3 is 0 Å². The van der Waals surface area contributed by atoms with Crippen LogP contribution in [0.1, 0.15) is 0 Å². The van der Waals surface area contributed by atoms with E-state index in [0.717, 1.165) is 11.4 Å². The topological polar surface area (TPSA) is 48.4 Å². The molecule has 66 valence electrons. The first kappa shape index (κ1) is 8.12. The molecule has 0 atom stereocenters. The Morgan fingerprint density at radius 3 is 2.85 bits per heavy atom. The Balaban J connectivity index is 2.60. The molecule has 13 heavy (non-hydrogen) atoms. The summed E-state index contributed by atoms with van der Waals surface area (Å²) < 4.78 is 2.53. The smallest absolute Gasteiger partial charge is 0.264 e. The number of hydrogen-bond donors (Lipinski definition) is 2. The third-order valence-corrected chi connectivity index (χ3v) is 2.24. The minimum atomic E-state index is 0.666. The summed E-state index contributed by atoms with van der Waals surface area (Å²) in [6.45, 7) is 0. The molecule has 2 aromatic heterocycles. The Morgan fingerprint density at radius 2 is 2.31 bits per heavy atom. The SMILES string of the molecule is C[n+]1c(-c2cccnc2)[nH][nH]c1=S. The molecule has 0 unspecified atom stereocenters. The molecule has 0 aliphatic rings. The molecule has 2 aromatic rings. The summed E-state index contributed by atoms with van der Waals surface area (Å²) in [6.07, 6.45) is 3.53. The highest BCUT2D eigenvalue weighted by Crippen LogP contribution is 2.08. The van der Waals surface area contributed by atoms with E-state index in [2.05, 4.69) is 15.2 Å². The predicted octanol–water partition coefficient (Wildman–Crippen LogP) is 0.959. The molecule has 0 spiro atoms. The highest BCUT2D eigenvalue weighted by molar-refractivity contribution is 7.71. The van der Waals surface area contributed by atoms with Crippen LogP contribution in [0.25, 0.3) is 11.4 Å². The second-order valence-corrected chi connectivity index (χ2v) is 3.09.